The maximum absolute atomic E-state index is 14.6. The summed E-state index contributed by atoms with van der Waals surface area (Å²) in [5, 5.41) is 24.7. The van der Waals surface area contributed by atoms with Gasteiger partial charge < -0.3 is 40.2 Å². The Balaban J connectivity index is 0.000000172. The van der Waals surface area contributed by atoms with E-state index in [9.17, 15) is 28.6 Å². The Labute approximate surface area is 321 Å². The fraction of sp³-hybridized carbons (Fsp3) is 0.238. The topological polar surface area (TPSA) is 153 Å². The highest BCUT2D eigenvalue weighted by atomic mass is 19.1. The highest BCUT2D eigenvalue weighted by molar-refractivity contribution is 6.03. The van der Waals surface area contributed by atoms with E-state index >= 15 is 0 Å². The van der Waals surface area contributed by atoms with Crippen LogP contribution >= 0.6 is 0 Å². The number of rotatable bonds is 7. The summed E-state index contributed by atoms with van der Waals surface area (Å²) >= 11 is 0. The molecule has 288 valence electrons. The molecule has 2 saturated heterocycles. The molecule has 1 atom stereocenters. The molecule has 4 heterocycles. The highest BCUT2D eigenvalue weighted by Gasteiger charge is 2.25. The summed E-state index contributed by atoms with van der Waals surface area (Å²) in [6.45, 7) is 6.69. The maximum atomic E-state index is 14.6. The fourth-order valence-corrected chi connectivity index (χ4v) is 7.15. The second-order valence-electron chi connectivity index (χ2n) is 13.8. The number of anilines is 2. The Morgan fingerprint density at radius 1 is 0.714 bits per heavy atom. The lowest BCUT2D eigenvalue weighted by atomic mass is 10.2. The van der Waals surface area contributed by atoms with E-state index in [1.165, 1.54) is 31.5 Å². The molecule has 2 amide bonds. The third-order valence-electron chi connectivity index (χ3n) is 10.0. The second-order valence-corrected chi connectivity index (χ2v) is 13.8. The number of para-hydroxylation sites is 2. The Morgan fingerprint density at radius 2 is 1.21 bits per heavy atom. The molecule has 12 nitrogen and oxygen atoms in total. The van der Waals surface area contributed by atoms with Crippen molar-refractivity contribution in [1.29, 1.82) is 0 Å². The molecule has 56 heavy (non-hydrogen) atoms. The average Bonchev–Trinajstić information content (AvgIpc) is 3.87. The molecule has 0 aliphatic carbocycles. The third kappa shape index (κ3) is 8.33. The molecule has 0 radical (unpaired) electrons. The van der Waals surface area contributed by atoms with Gasteiger partial charge in [0, 0.05) is 106 Å². The number of nitrogens with zero attached hydrogens (tertiary/aromatic N) is 5. The number of aromatic hydroxyl groups is 2. The van der Waals surface area contributed by atoms with Crippen LogP contribution in [0.5, 0.6) is 11.8 Å². The zero-order valence-corrected chi connectivity index (χ0v) is 31.0. The monoisotopic (exact) mass is 760 g/mol. The van der Waals surface area contributed by atoms with Crippen LogP contribution in [0.3, 0.4) is 0 Å². The van der Waals surface area contributed by atoms with Gasteiger partial charge >= 0.3 is 0 Å². The number of aromatic nitrogens is 2. The van der Waals surface area contributed by atoms with Crippen molar-refractivity contribution in [2.45, 2.75) is 26.3 Å². The number of hydrogen-bond acceptors (Lipinski definition) is 8. The first-order valence-corrected chi connectivity index (χ1v) is 18.3. The summed E-state index contributed by atoms with van der Waals surface area (Å²) in [5.41, 5.74) is 4.70. The van der Waals surface area contributed by atoms with Gasteiger partial charge in [-0.1, -0.05) is 36.4 Å². The molecule has 1 unspecified atom stereocenters. The summed E-state index contributed by atoms with van der Waals surface area (Å²) < 4.78 is 29.3. The first kappa shape index (κ1) is 37.6. The van der Waals surface area contributed by atoms with Crippen LogP contribution in [-0.4, -0.2) is 94.6 Å². The van der Waals surface area contributed by atoms with Crippen molar-refractivity contribution >= 4 is 68.8 Å². The lowest BCUT2D eigenvalue weighted by Crippen LogP contribution is -2.48. The fourth-order valence-electron chi connectivity index (χ4n) is 7.15. The number of nitrogens with one attached hydrogen (secondary N) is 3. The molecular weight excluding hydrogens is 719 g/mol. The molecule has 4 aromatic carbocycles. The van der Waals surface area contributed by atoms with Crippen LogP contribution in [0.2, 0.25) is 0 Å². The van der Waals surface area contributed by atoms with Crippen molar-refractivity contribution in [3.05, 3.63) is 108 Å². The summed E-state index contributed by atoms with van der Waals surface area (Å²) in [7, 11) is 0. The summed E-state index contributed by atoms with van der Waals surface area (Å²) in [4.78, 5) is 42.7. The number of fused-ring (bicyclic) bond motifs is 2. The van der Waals surface area contributed by atoms with Gasteiger partial charge in [-0.05, 0) is 42.8 Å². The number of carbonyl (C=O) groups is 2. The minimum Gasteiger partial charge on any atom is -0.494 e. The molecule has 2 aromatic heterocycles. The predicted molar refractivity (Wildman–Crippen MR) is 216 cm³/mol. The standard InChI is InChI=1S/2C21H21FN4O2/c1-14(27)25-8-10-26(11-9-25)20-7-6-15(12-18(20)22)23-13-17-16-4-2-3-5-19(16)24-21(17)28;1-13(27)24-15-8-9-26(12-15)20-7-6-14(10-18(20)22)23-11-17-16-4-2-3-5-19(16)25-21(17)28/h2-7,12-13,24,28H,8-11H2,1H3;2-7,10-11,15,25,28H,8-9,12H2,1H3,(H,24,27). The van der Waals surface area contributed by atoms with Crippen molar-refractivity contribution < 1.29 is 28.6 Å². The Morgan fingerprint density at radius 3 is 1.70 bits per heavy atom. The van der Waals surface area contributed by atoms with Gasteiger partial charge in [-0.15, -0.1) is 0 Å². The van der Waals surface area contributed by atoms with Crippen molar-refractivity contribution in [2.24, 2.45) is 9.98 Å². The molecule has 2 fully saturated rings. The van der Waals surface area contributed by atoms with Crippen LogP contribution in [0.15, 0.2) is 94.9 Å². The summed E-state index contributed by atoms with van der Waals surface area (Å²) in [6.07, 6.45) is 3.86. The van der Waals surface area contributed by atoms with Crippen LogP contribution in [0.25, 0.3) is 21.8 Å². The van der Waals surface area contributed by atoms with Crippen LogP contribution in [0.1, 0.15) is 31.4 Å². The highest BCUT2D eigenvalue weighted by Crippen LogP contribution is 2.31. The molecule has 0 saturated carbocycles. The number of halogens is 2. The first-order valence-electron chi connectivity index (χ1n) is 18.3. The molecule has 14 heteroatoms. The van der Waals surface area contributed by atoms with Gasteiger partial charge in [0.2, 0.25) is 11.8 Å². The Kier molecular flexibility index (Phi) is 11.0. The van der Waals surface area contributed by atoms with E-state index in [1.54, 1.807) is 36.1 Å². The number of benzene rings is 4. The van der Waals surface area contributed by atoms with Crippen molar-refractivity contribution in [3.63, 3.8) is 0 Å². The molecule has 2 aliphatic rings. The number of piperazine rings is 1. The summed E-state index contributed by atoms with van der Waals surface area (Å²) in [6, 6.07) is 24.7. The van der Waals surface area contributed by atoms with E-state index in [1.807, 2.05) is 58.3 Å². The first-order chi connectivity index (χ1) is 27.0. The van der Waals surface area contributed by atoms with Crippen molar-refractivity contribution in [2.75, 3.05) is 49.1 Å². The summed E-state index contributed by atoms with van der Waals surface area (Å²) in [5.74, 6) is -0.674. The van der Waals surface area contributed by atoms with E-state index in [-0.39, 0.29) is 41.3 Å². The smallest absolute Gasteiger partial charge is 0.219 e. The van der Waals surface area contributed by atoms with Gasteiger partial charge in [0.1, 0.15) is 11.6 Å². The molecule has 2 aliphatic heterocycles. The van der Waals surface area contributed by atoms with Crippen molar-refractivity contribution in [1.82, 2.24) is 20.2 Å². The zero-order valence-electron chi connectivity index (χ0n) is 31.0. The molecule has 8 rings (SSSR count). The number of H-pyrrole nitrogens is 2. The molecule has 6 aromatic rings. The number of hydrogen-bond donors (Lipinski definition) is 5. The van der Waals surface area contributed by atoms with Gasteiger partial charge in [-0.2, -0.15) is 0 Å². The van der Waals surface area contributed by atoms with E-state index in [2.05, 4.69) is 25.3 Å². The molecule has 5 N–H and O–H groups in total. The van der Waals surface area contributed by atoms with E-state index in [0.29, 0.717) is 73.1 Å². The number of carbonyl (C=O) groups excluding carboxylic acids is 2. The molecular formula is C42H42F2N8O4. The van der Waals surface area contributed by atoms with E-state index in [4.69, 9.17) is 0 Å². The van der Waals surface area contributed by atoms with Crippen LogP contribution < -0.4 is 15.1 Å². The van der Waals surface area contributed by atoms with E-state index in [0.717, 1.165) is 28.2 Å². The Bertz CT molecular complexity index is 2310. The maximum Gasteiger partial charge on any atom is 0.219 e. The number of amides is 2. The lowest BCUT2D eigenvalue weighted by molar-refractivity contribution is -0.129. The quantitative estimate of drug-likeness (QED) is 0.112. The van der Waals surface area contributed by atoms with Crippen LogP contribution in [-0.2, 0) is 9.59 Å². The minimum atomic E-state index is -0.360. The third-order valence-corrected chi connectivity index (χ3v) is 10.0. The van der Waals surface area contributed by atoms with Gasteiger partial charge in [-0.3, -0.25) is 19.6 Å². The normalized spacial score (nSPS) is 15.9. The van der Waals surface area contributed by atoms with Crippen LogP contribution in [0, 0.1) is 11.6 Å². The largest absolute Gasteiger partial charge is 0.494 e. The van der Waals surface area contributed by atoms with Gasteiger partial charge in [0.15, 0.2) is 11.8 Å². The lowest BCUT2D eigenvalue weighted by Gasteiger charge is -2.35. The van der Waals surface area contributed by atoms with E-state index < -0.39 is 0 Å². The van der Waals surface area contributed by atoms with Crippen LogP contribution in [0.4, 0.5) is 31.5 Å². The average molecular weight is 761 g/mol. The van der Waals surface area contributed by atoms with Crippen molar-refractivity contribution in [3.8, 4) is 11.8 Å². The Hall–Kier alpha value is -6.70. The van der Waals surface area contributed by atoms with Gasteiger partial charge in [-0.25, -0.2) is 8.78 Å². The minimum absolute atomic E-state index is 0.0307. The molecule has 0 spiro atoms. The SMILES string of the molecule is CC(=O)N1CCN(c2ccc(N=Cc3c(O)[nH]c4ccccc34)cc2F)CC1.CC(=O)NC1CCN(c2ccc(N=Cc3c(O)[nH]c4ccccc34)cc2F)C1. The van der Waals surface area contributed by atoms with Gasteiger partial charge in [0.25, 0.3) is 0 Å². The zero-order chi connectivity index (χ0) is 39.3. The second kappa shape index (κ2) is 16.3. The number of aromatic amines is 2. The van der Waals surface area contributed by atoms with Gasteiger partial charge in [0.05, 0.1) is 33.9 Å². The number of aliphatic imine (C=N–C) groups is 2. The predicted octanol–water partition coefficient (Wildman–Crippen LogP) is 6.91. The molecule has 0 bridgehead atoms.